The van der Waals surface area contributed by atoms with Crippen LogP contribution in [-0.4, -0.2) is 35.6 Å². The van der Waals surface area contributed by atoms with Crippen LogP contribution in [0.3, 0.4) is 0 Å². The highest BCUT2D eigenvalue weighted by Gasteiger charge is 2.17. The fourth-order valence-electron chi connectivity index (χ4n) is 2.43. The second-order valence-electron chi connectivity index (χ2n) is 5.59. The highest BCUT2D eigenvalue weighted by atomic mass is 16.1. The van der Waals surface area contributed by atoms with Gasteiger partial charge in [-0.05, 0) is 25.5 Å². The van der Waals surface area contributed by atoms with E-state index in [-0.39, 0.29) is 11.9 Å². The van der Waals surface area contributed by atoms with Gasteiger partial charge in [-0.15, -0.1) is 10.2 Å². The van der Waals surface area contributed by atoms with Crippen LogP contribution in [0.25, 0.3) is 11.5 Å². The Morgan fingerprint density at radius 1 is 1.24 bits per heavy atom. The van der Waals surface area contributed by atoms with Gasteiger partial charge in [-0.2, -0.15) is 0 Å². The third-order valence-electron chi connectivity index (χ3n) is 3.65. The van der Waals surface area contributed by atoms with Crippen molar-refractivity contribution in [2.24, 2.45) is 0 Å². The van der Waals surface area contributed by atoms with E-state index in [2.05, 4.69) is 37.4 Å². The van der Waals surface area contributed by atoms with Crippen LogP contribution < -0.4 is 5.32 Å². The first-order valence-corrected chi connectivity index (χ1v) is 8.11. The number of aromatic nitrogens is 6. The number of nitrogens with zero attached hydrogens (tertiary/aromatic N) is 6. The molecule has 3 aromatic rings. The summed E-state index contributed by atoms with van der Waals surface area (Å²) in [5.41, 5.74) is 1.04. The summed E-state index contributed by atoms with van der Waals surface area (Å²) in [6.45, 7) is 4.76. The molecule has 1 N–H and O–H groups in total. The topological polar surface area (TPSA) is 98.5 Å². The molecule has 0 aliphatic rings. The van der Waals surface area contributed by atoms with E-state index in [0.29, 0.717) is 17.1 Å². The van der Waals surface area contributed by atoms with E-state index >= 15 is 0 Å². The van der Waals surface area contributed by atoms with Crippen molar-refractivity contribution in [3.05, 3.63) is 54.5 Å². The molecule has 3 aromatic heterocycles. The molecule has 128 valence electrons. The third-order valence-corrected chi connectivity index (χ3v) is 3.65. The van der Waals surface area contributed by atoms with Crippen molar-refractivity contribution >= 4 is 5.91 Å². The Balaban J connectivity index is 1.70. The van der Waals surface area contributed by atoms with E-state index in [1.165, 1.54) is 12.4 Å². The summed E-state index contributed by atoms with van der Waals surface area (Å²) in [7, 11) is 0. The Labute approximate surface area is 145 Å². The number of aryl methyl sites for hydroxylation is 1. The van der Waals surface area contributed by atoms with E-state index in [9.17, 15) is 4.79 Å². The van der Waals surface area contributed by atoms with Gasteiger partial charge in [0, 0.05) is 25.1 Å². The zero-order valence-corrected chi connectivity index (χ0v) is 14.1. The molecule has 0 bridgehead atoms. The average Bonchev–Trinajstić information content (AvgIpc) is 3.11. The lowest BCUT2D eigenvalue weighted by Gasteiger charge is -2.14. The molecule has 0 aliphatic heterocycles. The Bertz CT molecular complexity index is 830. The minimum Gasteiger partial charge on any atom is -0.342 e. The van der Waals surface area contributed by atoms with Crippen molar-refractivity contribution in [3.8, 4) is 11.5 Å². The number of amides is 1. The monoisotopic (exact) mass is 337 g/mol. The van der Waals surface area contributed by atoms with Crippen LogP contribution in [0, 0.1) is 0 Å². The lowest BCUT2D eigenvalue weighted by Crippen LogP contribution is -2.29. The van der Waals surface area contributed by atoms with Crippen molar-refractivity contribution in [2.45, 2.75) is 32.9 Å². The first kappa shape index (κ1) is 16.7. The normalized spacial score (nSPS) is 11.9. The molecular formula is C17H19N7O. The molecule has 0 aliphatic carbocycles. The summed E-state index contributed by atoms with van der Waals surface area (Å²) in [4.78, 5) is 25.0. The number of hydrogen-bond acceptors (Lipinski definition) is 6. The molecule has 0 unspecified atom stereocenters. The van der Waals surface area contributed by atoms with E-state index in [0.717, 1.165) is 18.8 Å². The van der Waals surface area contributed by atoms with Crippen LogP contribution >= 0.6 is 0 Å². The molecule has 0 aromatic carbocycles. The van der Waals surface area contributed by atoms with Gasteiger partial charge in [0.2, 0.25) is 0 Å². The van der Waals surface area contributed by atoms with Gasteiger partial charge in [-0.25, -0.2) is 9.97 Å². The molecule has 0 saturated heterocycles. The zero-order chi connectivity index (χ0) is 17.6. The van der Waals surface area contributed by atoms with Gasteiger partial charge in [0.25, 0.3) is 5.91 Å². The highest BCUT2D eigenvalue weighted by Crippen LogP contribution is 2.12. The van der Waals surface area contributed by atoms with Gasteiger partial charge in [0.1, 0.15) is 12.0 Å². The van der Waals surface area contributed by atoms with E-state index < -0.39 is 0 Å². The van der Waals surface area contributed by atoms with Crippen molar-refractivity contribution in [2.75, 3.05) is 0 Å². The van der Waals surface area contributed by atoms with Crippen molar-refractivity contribution in [3.63, 3.8) is 0 Å². The molecule has 3 heterocycles. The summed E-state index contributed by atoms with van der Waals surface area (Å²) >= 11 is 0. The van der Waals surface area contributed by atoms with Gasteiger partial charge in [-0.1, -0.05) is 13.0 Å². The van der Waals surface area contributed by atoms with Crippen LogP contribution in [0.15, 0.2) is 43.1 Å². The average molecular weight is 337 g/mol. The molecule has 0 saturated carbocycles. The summed E-state index contributed by atoms with van der Waals surface area (Å²) in [5, 5.41) is 10.9. The van der Waals surface area contributed by atoms with Crippen LogP contribution in [0.4, 0.5) is 0 Å². The first-order valence-electron chi connectivity index (χ1n) is 8.11. The summed E-state index contributed by atoms with van der Waals surface area (Å²) in [6.07, 6.45) is 7.31. The van der Waals surface area contributed by atoms with Gasteiger partial charge >= 0.3 is 0 Å². The SMILES string of the molecule is CCCn1cnnc1[C@@H](C)NC(=O)c1cnc(-c2ccccn2)nc1. The smallest absolute Gasteiger partial charge is 0.254 e. The van der Waals surface area contributed by atoms with Crippen LogP contribution in [-0.2, 0) is 6.54 Å². The highest BCUT2D eigenvalue weighted by molar-refractivity contribution is 5.93. The Morgan fingerprint density at radius 2 is 2.04 bits per heavy atom. The fraction of sp³-hybridized carbons (Fsp3) is 0.294. The lowest BCUT2D eigenvalue weighted by molar-refractivity contribution is 0.0937. The number of nitrogens with one attached hydrogen (secondary N) is 1. The fourth-order valence-corrected chi connectivity index (χ4v) is 2.43. The molecule has 0 spiro atoms. The number of carbonyl (C=O) groups excluding carboxylic acids is 1. The summed E-state index contributed by atoms with van der Waals surface area (Å²) < 4.78 is 1.94. The quantitative estimate of drug-likeness (QED) is 0.739. The minimum atomic E-state index is -0.267. The van der Waals surface area contributed by atoms with Gasteiger partial charge in [0.15, 0.2) is 11.6 Å². The molecule has 8 nitrogen and oxygen atoms in total. The van der Waals surface area contributed by atoms with Crippen LogP contribution in [0.5, 0.6) is 0 Å². The third kappa shape index (κ3) is 3.85. The Morgan fingerprint density at radius 3 is 2.72 bits per heavy atom. The second kappa shape index (κ2) is 7.61. The molecule has 25 heavy (non-hydrogen) atoms. The van der Waals surface area contributed by atoms with Crippen molar-refractivity contribution < 1.29 is 4.79 Å². The zero-order valence-electron chi connectivity index (χ0n) is 14.1. The van der Waals surface area contributed by atoms with E-state index in [4.69, 9.17) is 0 Å². The molecule has 0 fully saturated rings. The number of hydrogen-bond donors (Lipinski definition) is 1. The summed E-state index contributed by atoms with van der Waals surface area (Å²) in [5.74, 6) is 0.945. The molecule has 0 radical (unpaired) electrons. The number of carbonyl (C=O) groups is 1. The summed E-state index contributed by atoms with van der Waals surface area (Å²) in [6, 6.07) is 5.24. The van der Waals surface area contributed by atoms with Crippen LogP contribution in [0.1, 0.15) is 42.5 Å². The van der Waals surface area contributed by atoms with Gasteiger partial charge < -0.3 is 9.88 Å². The predicted molar refractivity (Wildman–Crippen MR) is 91.5 cm³/mol. The predicted octanol–water partition coefficient (Wildman–Crippen LogP) is 2.03. The Hall–Kier alpha value is -3.16. The standard InChI is InChI=1S/C17H19N7O/c1-3-8-24-11-21-23-16(24)12(2)22-17(25)13-9-19-15(20-10-13)14-6-4-5-7-18-14/h4-7,9-12H,3,8H2,1-2H3,(H,22,25)/t12-/m1/s1. The maximum absolute atomic E-state index is 12.4. The Kier molecular flexibility index (Phi) is 5.08. The van der Waals surface area contributed by atoms with E-state index in [1.54, 1.807) is 12.5 Å². The number of pyridine rings is 1. The molecule has 1 amide bonds. The maximum Gasteiger partial charge on any atom is 0.254 e. The maximum atomic E-state index is 12.4. The lowest BCUT2D eigenvalue weighted by atomic mass is 10.2. The first-order chi connectivity index (χ1) is 12.2. The van der Waals surface area contributed by atoms with Crippen molar-refractivity contribution in [1.82, 2.24) is 35.0 Å². The molecule has 3 rings (SSSR count). The van der Waals surface area contributed by atoms with E-state index in [1.807, 2.05) is 29.7 Å². The van der Waals surface area contributed by atoms with Gasteiger partial charge in [0.05, 0.1) is 11.6 Å². The second-order valence-corrected chi connectivity index (χ2v) is 5.59. The van der Waals surface area contributed by atoms with Gasteiger partial charge in [-0.3, -0.25) is 9.78 Å². The molecule has 8 heteroatoms. The molecular weight excluding hydrogens is 318 g/mol. The molecule has 1 atom stereocenters. The number of rotatable bonds is 6. The largest absolute Gasteiger partial charge is 0.342 e. The van der Waals surface area contributed by atoms with Crippen LogP contribution in [0.2, 0.25) is 0 Å². The minimum absolute atomic E-state index is 0.258. The van der Waals surface area contributed by atoms with Crippen molar-refractivity contribution in [1.29, 1.82) is 0 Å².